The van der Waals surface area contributed by atoms with E-state index in [0.29, 0.717) is 0 Å². The van der Waals surface area contributed by atoms with Gasteiger partial charge in [0, 0.05) is 36.8 Å². The zero-order chi connectivity index (χ0) is 49.1. The largest absolute Gasteiger partial charge is 0.508 e. The van der Waals surface area contributed by atoms with Crippen molar-refractivity contribution in [3.63, 3.8) is 0 Å². The fourth-order valence-electron chi connectivity index (χ4n) is 7.64. The van der Waals surface area contributed by atoms with Crippen molar-refractivity contribution < 1.29 is 89.2 Å². The molecule has 68 heavy (non-hydrogen) atoms. The highest BCUT2D eigenvalue weighted by Gasteiger charge is 2.37. The van der Waals surface area contributed by atoms with Gasteiger partial charge in [-0.15, -0.1) is 0 Å². The molecule has 18 nitrogen and oxygen atoms in total. The van der Waals surface area contributed by atoms with E-state index in [9.17, 15) is 70.2 Å². The minimum Gasteiger partial charge on any atom is -0.508 e. The molecule has 0 aliphatic heterocycles. The summed E-state index contributed by atoms with van der Waals surface area (Å²) in [7, 11) is 0. The molecule has 2 aliphatic carbocycles. The van der Waals surface area contributed by atoms with Crippen molar-refractivity contribution in [3.8, 4) is 57.5 Å². The molecule has 0 amide bonds. The standard InChI is InChI=1S/2C25H22O9/c2*1-12-17(26)6-15(7-18(12)27)24(31)33-21-10-13-4-2-3-5-14(13)11-22(21)34-25(32)16-8-19(28)23(30)20(29)9-16/h2*2-9,21-22,26-30H,10-11H2,1H3/t2*21-,22+/m00/s1. The fraction of sp³-hybridized carbons (Fsp3) is 0.200. The fourth-order valence-corrected chi connectivity index (χ4v) is 7.64. The minimum absolute atomic E-state index is 0.0714. The van der Waals surface area contributed by atoms with Crippen LogP contribution < -0.4 is 0 Å². The average molecular weight is 933 g/mol. The van der Waals surface area contributed by atoms with E-state index in [2.05, 4.69) is 0 Å². The molecular formula is C50H44O18. The number of esters is 4. The van der Waals surface area contributed by atoms with Crippen LogP contribution in [0.15, 0.2) is 97.1 Å². The normalized spacial score (nSPS) is 17.0. The van der Waals surface area contributed by atoms with Crippen molar-refractivity contribution in [2.24, 2.45) is 0 Å². The quantitative estimate of drug-likeness (QED) is 0.0465. The van der Waals surface area contributed by atoms with Gasteiger partial charge in [0.25, 0.3) is 0 Å². The van der Waals surface area contributed by atoms with Crippen molar-refractivity contribution >= 4 is 23.9 Å². The molecule has 10 N–H and O–H groups in total. The molecule has 0 fully saturated rings. The van der Waals surface area contributed by atoms with Crippen LogP contribution in [0.4, 0.5) is 0 Å². The Bertz CT molecular complexity index is 2470. The molecule has 2 aliphatic rings. The van der Waals surface area contributed by atoms with E-state index in [1.54, 1.807) is 0 Å². The van der Waals surface area contributed by atoms with Crippen molar-refractivity contribution in [3.05, 3.63) is 153 Å². The first-order valence-corrected chi connectivity index (χ1v) is 20.8. The molecule has 6 aromatic carbocycles. The number of rotatable bonds is 8. The Morgan fingerprint density at radius 1 is 0.353 bits per heavy atom. The van der Waals surface area contributed by atoms with E-state index < -0.39 is 82.8 Å². The number of aromatic hydroxyl groups is 10. The first-order valence-electron chi connectivity index (χ1n) is 20.8. The van der Waals surface area contributed by atoms with Crippen LogP contribution >= 0.6 is 0 Å². The third kappa shape index (κ3) is 10.2. The van der Waals surface area contributed by atoms with E-state index in [0.717, 1.165) is 46.5 Å². The van der Waals surface area contributed by atoms with Crippen LogP contribution in [-0.2, 0) is 44.6 Å². The lowest BCUT2D eigenvalue weighted by Gasteiger charge is -2.32. The molecule has 0 spiro atoms. The Labute approximate surface area is 386 Å². The maximum Gasteiger partial charge on any atom is 0.338 e. The van der Waals surface area contributed by atoms with Crippen LogP contribution in [0.5, 0.6) is 57.5 Å². The summed E-state index contributed by atoms with van der Waals surface area (Å²) in [5, 5.41) is 97.5. The number of ether oxygens (including phenoxy) is 4. The predicted octanol–water partition coefficient (Wildman–Crippen LogP) is 6.15. The van der Waals surface area contributed by atoms with Crippen LogP contribution in [0.2, 0.25) is 0 Å². The number of benzene rings is 6. The van der Waals surface area contributed by atoms with Gasteiger partial charge >= 0.3 is 23.9 Å². The summed E-state index contributed by atoms with van der Waals surface area (Å²) >= 11 is 0. The van der Waals surface area contributed by atoms with E-state index in [1.807, 2.05) is 48.5 Å². The van der Waals surface area contributed by atoms with E-state index in [4.69, 9.17) is 18.9 Å². The molecule has 6 aromatic rings. The van der Waals surface area contributed by atoms with E-state index in [1.165, 1.54) is 38.1 Å². The van der Waals surface area contributed by atoms with E-state index in [-0.39, 0.29) is 82.1 Å². The molecule has 0 saturated heterocycles. The van der Waals surface area contributed by atoms with Crippen molar-refractivity contribution in [1.82, 2.24) is 0 Å². The second-order valence-electron chi connectivity index (χ2n) is 16.1. The number of fused-ring (bicyclic) bond motifs is 2. The van der Waals surface area contributed by atoms with Gasteiger partial charge in [-0.2, -0.15) is 0 Å². The minimum atomic E-state index is -0.905. The number of phenols is 10. The number of phenolic OH excluding ortho intramolecular Hbond substituents is 10. The summed E-state index contributed by atoms with van der Waals surface area (Å²) in [5.74, 6) is -8.82. The SMILES string of the molecule is Cc1c(O)cc(C(=O)O[C@H]2Cc3ccccc3C[C@H]2OC(=O)c2cc(O)c(O)c(O)c2)cc1O.Cc1c(O)cc(C(=O)O[C@H]2Cc3ccccc3C[C@H]2OC(=O)c2cc(O)c(O)c(O)c2)cc1O. The second kappa shape index (κ2) is 19.4. The van der Waals surface area contributed by atoms with Gasteiger partial charge in [-0.1, -0.05) is 48.5 Å². The van der Waals surface area contributed by atoms with Gasteiger partial charge in [-0.25, -0.2) is 19.2 Å². The highest BCUT2D eigenvalue weighted by atomic mass is 16.6. The van der Waals surface area contributed by atoms with Crippen LogP contribution in [0.25, 0.3) is 0 Å². The maximum absolute atomic E-state index is 12.8. The van der Waals surface area contributed by atoms with Crippen molar-refractivity contribution in [1.29, 1.82) is 0 Å². The molecule has 0 radical (unpaired) electrons. The topological polar surface area (TPSA) is 308 Å². The lowest BCUT2D eigenvalue weighted by molar-refractivity contribution is -0.0389. The van der Waals surface area contributed by atoms with Gasteiger partial charge in [0.1, 0.15) is 47.4 Å². The number of carbonyl (C=O) groups is 4. The highest BCUT2D eigenvalue weighted by Crippen LogP contribution is 2.38. The third-order valence-electron chi connectivity index (χ3n) is 11.6. The monoisotopic (exact) mass is 932 g/mol. The molecule has 0 aromatic heterocycles. The van der Waals surface area contributed by atoms with Gasteiger partial charge < -0.3 is 70.0 Å². The van der Waals surface area contributed by atoms with Gasteiger partial charge in [0.2, 0.25) is 0 Å². The summed E-state index contributed by atoms with van der Waals surface area (Å²) in [6.07, 6.45) is -2.63. The summed E-state index contributed by atoms with van der Waals surface area (Å²) in [6, 6.07) is 23.3. The molecule has 0 bridgehead atoms. The first kappa shape index (κ1) is 47.2. The summed E-state index contributed by atoms with van der Waals surface area (Å²) in [4.78, 5) is 51.1. The molecule has 0 saturated carbocycles. The smallest absolute Gasteiger partial charge is 0.338 e. The number of carbonyl (C=O) groups excluding carboxylic acids is 4. The zero-order valence-corrected chi connectivity index (χ0v) is 36.1. The predicted molar refractivity (Wildman–Crippen MR) is 236 cm³/mol. The van der Waals surface area contributed by atoms with Crippen molar-refractivity contribution in [2.45, 2.75) is 63.9 Å². The maximum atomic E-state index is 12.8. The number of hydrogen-bond donors (Lipinski definition) is 10. The Kier molecular flexibility index (Phi) is 13.4. The molecule has 18 heteroatoms. The van der Waals surface area contributed by atoms with Crippen LogP contribution in [0, 0.1) is 13.8 Å². The number of hydrogen-bond acceptors (Lipinski definition) is 18. The van der Waals surface area contributed by atoms with Crippen LogP contribution in [0.3, 0.4) is 0 Å². The zero-order valence-electron chi connectivity index (χ0n) is 36.1. The lowest BCUT2D eigenvalue weighted by Crippen LogP contribution is -2.41. The van der Waals surface area contributed by atoms with Gasteiger partial charge in [0.05, 0.1) is 22.3 Å². The molecule has 4 atom stereocenters. The average Bonchev–Trinajstić information content (AvgIpc) is 3.30. The van der Waals surface area contributed by atoms with E-state index >= 15 is 0 Å². The second-order valence-corrected chi connectivity index (χ2v) is 16.1. The van der Waals surface area contributed by atoms with Gasteiger partial charge in [-0.05, 0) is 84.6 Å². The van der Waals surface area contributed by atoms with Gasteiger partial charge in [0.15, 0.2) is 34.5 Å². The van der Waals surface area contributed by atoms with Gasteiger partial charge in [-0.3, -0.25) is 0 Å². The van der Waals surface area contributed by atoms with Crippen LogP contribution in [-0.4, -0.2) is 99.4 Å². The Morgan fingerprint density at radius 3 is 0.750 bits per heavy atom. The summed E-state index contributed by atoms with van der Waals surface area (Å²) in [6.45, 7) is 2.98. The summed E-state index contributed by atoms with van der Waals surface area (Å²) < 4.78 is 22.4. The Morgan fingerprint density at radius 2 is 0.544 bits per heavy atom. The molecule has 0 unspecified atom stereocenters. The lowest BCUT2D eigenvalue weighted by atomic mass is 9.87. The molecule has 352 valence electrons. The summed E-state index contributed by atoms with van der Waals surface area (Å²) in [5.41, 5.74) is 3.49. The molecule has 0 heterocycles. The third-order valence-corrected chi connectivity index (χ3v) is 11.6. The Balaban J connectivity index is 0.000000201. The molecular weight excluding hydrogens is 889 g/mol. The first-order chi connectivity index (χ1) is 32.3. The Hall–Kier alpha value is -8.80. The van der Waals surface area contributed by atoms with Crippen LogP contribution in [0.1, 0.15) is 74.8 Å². The van der Waals surface area contributed by atoms with Crippen molar-refractivity contribution in [2.75, 3.05) is 0 Å². The molecule has 8 rings (SSSR count). The highest BCUT2D eigenvalue weighted by molar-refractivity contribution is 5.93.